The van der Waals surface area contributed by atoms with E-state index in [2.05, 4.69) is 0 Å². The fourth-order valence-corrected chi connectivity index (χ4v) is 4.29. The summed E-state index contributed by atoms with van der Waals surface area (Å²) in [5, 5.41) is 0. The summed E-state index contributed by atoms with van der Waals surface area (Å²) in [4.78, 5) is 0. The van der Waals surface area contributed by atoms with Crippen LogP contribution in [-0.4, -0.2) is 51.4 Å². The highest BCUT2D eigenvalue weighted by Crippen LogP contribution is 2.32. The summed E-state index contributed by atoms with van der Waals surface area (Å²) in [7, 11) is 1.28. The Kier molecular flexibility index (Phi) is 6.26. The average molecular weight is 342 g/mol. The molecule has 130 valence electrons. The Morgan fingerprint density at radius 2 is 1.74 bits per heavy atom. The van der Waals surface area contributed by atoms with E-state index in [0.29, 0.717) is 24.6 Å². The van der Waals surface area contributed by atoms with Gasteiger partial charge in [-0.25, -0.2) is 0 Å². The molecule has 1 heterocycles. The molecule has 1 fully saturated rings. The summed E-state index contributed by atoms with van der Waals surface area (Å²) < 4.78 is 39.2. The van der Waals surface area contributed by atoms with Crippen LogP contribution in [0.3, 0.4) is 0 Å². The molecule has 1 saturated heterocycles. The molecule has 7 heteroatoms. The van der Waals surface area contributed by atoms with E-state index in [-0.39, 0.29) is 6.54 Å². The van der Waals surface area contributed by atoms with E-state index in [0.717, 1.165) is 31.2 Å². The minimum Gasteiger partial charge on any atom is -0.493 e. The number of rotatable bonds is 6. The Morgan fingerprint density at radius 1 is 1.09 bits per heavy atom. The van der Waals surface area contributed by atoms with Crippen molar-refractivity contribution in [1.82, 2.24) is 8.61 Å². The number of hydrogen-bond donors (Lipinski definition) is 0. The van der Waals surface area contributed by atoms with Gasteiger partial charge in [0.1, 0.15) is 0 Å². The first-order valence-electron chi connectivity index (χ1n) is 7.92. The molecule has 1 aromatic carbocycles. The maximum atomic E-state index is 12.8. The van der Waals surface area contributed by atoms with Crippen LogP contribution in [0.1, 0.15) is 31.2 Å². The first-order chi connectivity index (χ1) is 11.0. The second kappa shape index (κ2) is 7.99. The van der Waals surface area contributed by atoms with Gasteiger partial charge in [0, 0.05) is 32.2 Å². The van der Waals surface area contributed by atoms with Crippen LogP contribution in [0.2, 0.25) is 0 Å². The van der Waals surface area contributed by atoms with Crippen molar-refractivity contribution < 1.29 is 17.9 Å². The predicted molar refractivity (Wildman–Crippen MR) is 90.0 cm³/mol. The first-order valence-corrected chi connectivity index (χ1v) is 9.31. The molecular formula is C16H26N2O4S. The van der Waals surface area contributed by atoms with Crippen LogP contribution in [0, 0.1) is 0 Å². The highest BCUT2D eigenvalue weighted by atomic mass is 32.2. The third-order valence-corrected chi connectivity index (χ3v) is 6.10. The number of benzene rings is 1. The lowest BCUT2D eigenvalue weighted by Gasteiger charge is -2.27. The standard InChI is InChI=1S/C16H26N2O4S/c1-17(23(19,20)18-11-6-4-5-7-12-18)13-14-9-8-10-15(21-2)16(14)22-3/h8-10H,4-7,11-13H2,1-3H3. The fraction of sp³-hybridized carbons (Fsp3) is 0.625. The first kappa shape index (κ1) is 18.0. The summed E-state index contributed by atoms with van der Waals surface area (Å²) >= 11 is 0. The Balaban J connectivity index is 2.19. The Bertz CT molecular complexity index is 611. The normalized spacial score (nSPS) is 17.0. The van der Waals surface area contributed by atoms with Gasteiger partial charge in [-0.1, -0.05) is 25.0 Å². The molecule has 0 aromatic heterocycles. The van der Waals surface area contributed by atoms with Gasteiger partial charge >= 0.3 is 0 Å². The molecule has 0 bridgehead atoms. The molecule has 2 rings (SSSR count). The molecule has 0 aliphatic carbocycles. The molecule has 0 atom stereocenters. The second-order valence-electron chi connectivity index (χ2n) is 5.73. The predicted octanol–water partition coefficient (Wildman–Crippen LogP) is 2.26. The SMILES string of the molecule is COc1cccc(CN(C)S(=O)(=O)N2CCCCCC2)c1OC. The van der Waals surface area contributed by atoms with Gasteiger partial charge in [0.2, 0.25) is 0 Å². The molecular weight excluding hydrogens is 316 g/mol. The topological polar surface area (TPSA) is 59.1 Å². The van der Waals surface area contributed by atoms with E-state index in [9.17, 15) is 8.42 Å². The van der Waals surface area contributed by atoms with Crippen LogP contribution in [0.15, 0.2) is 18.2 Å². The summed E-state index contributed by atoms with van der Waals surface area (Å²) in [6, 6.07) is 5.49. The summed E-state index contributed by atoms with van der Waals surface area (Å²) in [6.45, 7) is 1.45. The maximum Gasteiger partial charge on any atom is 0.282 e. The smallest absolute Gasteiger partial charge is 0.282 e. The molecule has 0 spiro atoms. The monoisotopic (exact) mass is 342 g/mol. The Hall–Kier alpha value is -1.31. The van der Waals surface area contributed by atoms with Crippen molar-refractivity contribution >= 4 is 10.2 Å². The Labute approximate surface area is 139 Å². The van der Waals surface area contributed by atoms with E-state index in [1.165, 1.54) is 4.31 Å². The quantitative estimate of drug-likeness (QED) is 0.796. The van der Waals surface area contributed by atoms with Crippen LogP contribution in [-0.2, 0) is 16.8 Å². The fourth-order valence-electron chi connectivity index (χ4n) is 2.87. The zero-order valence-electron chi connectivity index (χ0n) is 14.1. The van der Waals surface area contributed by atoms with Crippen LogP contribution < -0.4 is 9.47 Å². The minimum atomic E-state index is -3.46. The third-order valence-electron chi connectivity index (χ3n) is 4.16. The third kappa shape index (κ3) is 4.16. The van der Waals surface area contributed by atoms with E-state index in [1.54, 1.807) is 31.6 Å². The zero-order valence-corrected chi connectivity index (χ0v) is 14.9. The van der Waals surface area contributed by atoms with Crippen LogP contribution in [0.4, 0.5) is 0 Å². The van der Waals surface area contributed by atoms with Gasteiger partial charge in [-0.3, -0.25) is 0 Å². The minimum absolute atomic E-state index is 0.249. The number of nitrogens with zero attached hydrogens (tertiary/aromatic N) is 2. The largest absolute Gasteiger partial charge is 0.493 e. The van der Waals surface area contributed by atoms with Gasteiger partial charge in [-0.05, 0) is 18.9 Å². The summed E-state index contributed by atoms with van der Waals surface area (Å²) in [6.07, 6.45) is 4.05. The summed E-state index contributed by atoms with van der Waals surface area (Å²) in [5.41, 5.74) is 0.785. The van der Waals surface area contributed by atoms with Crippen molar-refractivity contribution in [1.29, 1.82) is 0 Å². The van der Waals surface area contributed by atoms with Crippen molar-refractivity contribution in [3.8, 4) is 11.5 Å². The van der Waals surface area contributed by atoms with Gasteiger partial charge in [-0.2, -0.15) is 17.0 Å². The van der Waals surface area contributed by atoms with Crippen LogP contribution in [0.25, 0.3) is 0 Å². The van der Waals surface area contributed by atoms with Crippen molar-refractivity contribution in [3.63, 3.8) is 0 Å². The van der Waals surface area contributed by atoms with E-state index in [4.69, 9.17) is 9.47 Å². The molecule has 0 saturated carbocycles. The van der Waals surface area contributed by atoms with E-state index in [1.807, 2.05) is 12.1 Å². The zero-order chi connectivity index (χ0) is 16.9. The van der Waals surface area contributed by atoms with Gasteiger partial charge < -0.3 is 9.47 Å². The lowest BCUT2D eigenvalue weighted by atomic mass is 10.2. The molecule has 1 aromatic rings. The van der Waals surface area contributed by atoms with Gasteiger partial charge in [0.05, 0.1) is 14.2 Å². The maximum absolute atomic E-state index is 12.8. The van der Waals surface area contributed by atoms with Crippen molar-refractivity contribution in [2.45, 2.75) is 32.2 Å². The van der Waals surface area contributed by atoms with Crippen molar-refractivity contribution in [2.75, 3.05) is 34.4 Å². The molecule has 1 aliphatic rings. The molecule has 0 amide bonds. The second-order valence-corrected chi connectivity index (χ2v) is 7.77. The highest BCUT2D eigenvalue weighted by Gasteiger charge is 2.28. The summed E-state index contributed by atoms with van der Waals surface area (Å²) in [5.74, 6) is 1.18. The number of methoxy groups -OCH3 is 2. The van der Waals surface area contributed by atoms with Crippen LogP contribution in [0.5, 0.6) is 11.5 Å². The van der Waals surface area contributed by atoms with E-state index >= 15 is 0 Å². The molecule has 0 N–H and O–H groups in total. The number of ether oxygens (including phenoxy) is 2. The van der Waals surface area contributed by atoms with Crippen molar-refractivity contribution in [2.24, 2.45) is 0 Å². The molecule has 0 radical (unpaired) electrons. The van der Waals surface area contributed by atoms with Gasteiger partial charge in [-0.15, -0.1) is 0 Å². The highest BCUT2D eigenvalue weighted by molar-refractivity contribution is 7.86. The lowest BCUT2D eigenvalue weighted by Crippen LogP contribution is -2.42. The number of hydrogen-bond acceptors (Lipinski definition) is 4. The number of para-hydroxylation sites is 1. The Morgan fingerprint density at radius 3 is 2.30 bits per heavy atom. The van der Waals surface area contributed by atoms with Crippen LogP contribution >= 0.6 is 0 Å². The molecule has 1 aliphatic heterocycles. The molecule has 6 nitrogen and oxygen atoms in total. The molecule has 0 unspecified atom stereocenters. The van der Waals surface area contributed by atoms with Gasteiger partial charge in [0.15, 0.2) is 11.5 Å². The molecule has 23 heavy (non-hydrogen) atoms. The van der Waals surface area contributed by atoms with Gasteiger partial charge in [0.25, 0.3) is 10.2 Å². The lowest BCUT2D eigenvalue weighted by molar-refractivity contribution is 0.339. The average Bonchev–Trinajstić information content (AvgIpc) is 2.84. The van der Waals surface area contributed by atoms with Crippen molar-refractivity contribution in [3.05, 3.63) is 23.8 Å². The van der Waals surface area contributed by atoms with E-state index < -0.39 is 10.2 Å².